The number of primary sulfonamides is 1. The number of ether oxygens (including phenoxy) is 1. The molecule has 2 rings (SSSR count). The van der Waals surface area contributed by atoms with Crippen LogP contribution in [0.5, 0.6) is 11.5 Å². The van der Waals surface area contributed by atoms with E-state index < -0.39 is 10.0 Å². The van der Waals surface area contributed by atoms with Crippen molar-refractivity contribution >= 4 is 21.8 Å². The maximum atomic E-state index is 11.2. The summed E-state index contributed by atoms with van der Waals surface area (Å²) in [5.41, 5.74) is 1.14. The largest absolute Gasteiger partial charge is 0.457 e. The van der Waals surface area contributed by atoms with Crippen molar-refractivity contribution in [2.75, 3.05) is 6.26 Å². The van der Waals surface area contributed by atoms with E-state index >= 15 is 0 Å². The number of hydrogen-bond donors (Lipinski definition) is 1. The molecule has 0 aromatic heterocycles. The lowest BCUT2D eigenvalue weighted by Crippen LogP contribution is -2.11. The lowest BCUT2D eigenvalue weighted by atomic mass is 10.2. The molecule has 2 N–H and O–H groups in total. The van der Waals surface area contributed by atoms with E-state index in [2.05, 4.69) is 0 Å². The van der Waals surface area contributed by atoms with Crippen LogP contribution in [-0.4, -0.2) is 14.7 Å². The van der Waals surface area contributed by atoms with Gasteiger partial charge in [0, 0.05) is 4.90 Å². The maximum Gasteiger partial charge on any atom is 0.238 e. The average Bonchev–Trinajstić information content (AvgIpc) is 2.38. The molecule has 0 radical (unpaired) electrons. The Kier molecular flexibility index (Phi) is 4.37. The Balaban J connectivity index is 2.20. The summed E-state index contributed by atoms with van der Waals surface area (Å²) < 4.78 is 28.0. The van der Waals surface area contributed by atoms with Crippen LogP contribution in [0.2, 0.25) is 0 Å². The number of sulfonamides is 1. The van der Waals surface area contributed by atoms with Gasteiger partial charge < -0.3 is 4.74 Å². The van der Waals surface area contributed by atoms with Crippen LogP contribution in [0.25, 0.3) is 0 Å². The first kappa shape index (κ1) is 14.9. The van der Waals surface area contributed by atoms with E-state index in [0.717, 1.165) is 5.56 Å². The van der Waals surface area contributed by atoms with Gasteiger partial charge >= 0.3 is 0 Å². The van der Waals surface area contributed by atoms with Crippen molar-refractivity contribution in [2.45, 2.75) is 16.7 Å². The summed E-state index contributed by atoms with van der Waals surface area (Å²) in [6.45, 7) is 2.02. The number of thioether (sulfide) groups is 1. The van der Waals surface area contributed by atoms with Gasteiger partial charge in [0.1, 0.15) is 11.5 Å². The highest BCUT2D eigenvalue weighted by molar-refractivity contribution is 7.98. The molecule has 2 aromatic carbocycles. The molecule has 6 heteroatoms. The number of aryl methyl sites for hydroxylation is 1. The van der Waals surface area contributed by atoms with Gasteiger partial charge in [0.05, 0.1) is 4.90 Å². The SMILES string of the molecule is CSc1ccc(Oc2ccc(S(N)(=O)=O)cc2)cc1C. The fourth-order valence-electron chi connectivity index (χ4n) is 1.75. The second-order valence-corrected chi connectivity index (χ2v) is 6.66. The van der Waals surface area contributed by atoms with Gasteiger partial charge in [-0.15, -0.1) is 11.8 Å². The molecule has 0 amide bonds. The minimum atomic E-state index is -3.67. The Hall–Kier alpha value is -1.50. The minimum Gasteiger partial charge on any atom is -0.457 e. The molecule has 0 fully saturated rings. The third-order valence-electron chi connectivity index (χ3n) is 2.75. The smallest absolute Gasteiger partial charge is 0.238 e. The summed E-state index contributed by atoms with van der Waals surface area (Å²) in [6.07, 6.45) is 2.02. The Morgan fingerprint density at radius 3 is 2.15 bits per heavy atom. The first-order valence-corrected chi connectivity index (χ1v) is 8.62. The number of nitrogens with two attached hydrogens (primary N) is 1. The standard InChI is InChI=1S/C14H15NO3S2/c1-10-9-12(5-8-14(10)19-2)18-11-3-6-13(7-4-11)20(15,16)17/h3-9H,1-2H3,(H2,15,16,17). The zero-order valence-corrected chi connectivity index (χ0v) is 12.8. The third kappa shape index (κ3) is 3.53. The molecule has 0 aliphatic heterocycles. The molecule has 0 bridgehead atoms. The lowest BCUT2D eigenvalue weighted by molar-refractivity contribution is 0.481. The summed E-state index contributed by atoms with van der Waals surface area (Å²) in [4.78, 5) is 1.26. The fourth-order valence-corrected chi connectivity index (χ4v) is 2.85. The monoisotopic (exact) mass is 309 g/mol. The summed E-state index contributed by atoms with van der Waals surface area (Å²) in [7, 11) is -3.67. The minimum absolute atomic E-state index is 0.0683. The number of hydrogen-bond acceptors (Lipinski definition) is 4. The Morgan fingerprint density at radius 2 is 1.65 bits per heavy atom. The topological polar surface area (TPSA) is 69.4 Å². The predicted molar refractivity (Wildman–Crippen MR) is 80.8 cm³/mol. The summed E-state index contributed by atoms with van der Waals surface area (Å²) >= 11 is 1.68. The van der Waals surface area contributed by atoms with Crippen LogP contribution in [-0.2, 0) is 10.0 Å². The van der Waals surface area contributed by atoms with Crippen LogP contribution in [0.15, 0.2) is 52.3 Å². The quantitative estimate of drug-likeness (QED) is 0.881. The second-order valence-electron chi connectivity index (χ2n) is 4.25. The van der Waals surface area contributed by atoms with Crippen molar-refractivity contribution in [3.8, 4) is 11.5 Å². The molecular weight excluding hydrogens is 294 g/mol. The molecule has 2 aromatic rings. The predicted octanol–water partition coefficient (Wildman–Crippen LogP) is 3.16. The summed E-state index contributed by atoms with van der Waals surface area (Å²) in [5, 5.41) is 5.04. The van der Waals surface area contributed by atoms with Crippen molar-refractivity contribution in [3.05, 3.63) is 48.0 Å². The fraction of sp³-hybridized carbons (Fsp3) is 0.143. The zero-order valence-electron chi connectivity index (χ0n) is 11.2. The van der Waals surface area contributed by atoms with Gasteiger partial charge in [-0.2, -0.15) is 0 Å². The lowest BCUT2D eigenvalue weighted by Gasteiger charge is -2.09. The summed E-state index contributed by atoms with van der Waals surface area (Å²) in [5.74, 6) is 1.28. The van der Waals surface area contributed by atoms with E-state index in [1.54, 1.807) is 23.9 Å². The van der Waals surface area contributed by atoms with Crippen LogP contribution in [0.1, 0.15) is 5.56 Å². The van der Waals surface area contributed by atoms with E-state index in [1.807, 2.05) is 31.4 Å². The molecule has 0 saturated heterocycles. The molecule has 0 aliphatic rings. The third-order valence-corrected chi connectivity index (χ3v) is 4.58. The van der Waals surface area contributed by atoms with Crippen molar-refractivity contribution in [3.63, 3.8) is 0 Å². The molecule has 0 aliphatic carbocycles. The van der Waals surface area contributed by atoms with Gasteiger partial charge in [0.25, 0.3) is 0 Å². The second kappa shape index (κ2) is 5.87. The first-order valence-electron chi connectivity index (χ1n) is 5.85. The molecule has 0 atom stereocenters. The Labute approximate surface area is 123 Å². The molecule has 0 spiro atoms. The van der Waals surface area contributed by atoms with Crippen molar-refractivity contribution < 1.29 is 13.2 Å². The highest BCUT2D eigenvalue weighted by Gasteiger charge is 2.07. The zero-order chi connectivity index (χ0) is 14.8. The molecule has 4 nitrogen and oxygen atoms in total. The number of benzene rings is 2. The van der Waals surface area contributed by atoms with E-state index in [4.69, 9.17) is 9.88 Å². The van der Waals surface area contributed by atoms with Gasteiger partial charge in [-0.3, -0.25) is 0 Å². The molecule has 0 unspecified atom stereocenters. The van der Waals surface area contributed by atoms with Crippen LogP contribution in [0.3, 0.4) is 0 Å². The van der Waals surface area contributed by atoms with Crippen molar-refractivity contribution in [1.29, 1.82) is 0 Å². The molecule has 20 heavy (non-hydrogen) atoms. The number of rotatable bonds is 4. The Morgan fingerprint density at radius 1 is 1.05 bits per heavy atom. The van der Waals surface area contributed by atoms with Gasteiger partial charge in [0.15, 0.2) is 0 Å². The molecule has 106 valence electrons. The van der Waals surface area contributed by atoms with Crippen molar-refractivity contribution in [1.82, 2.24) is 0 Å². The highest BCUT2D eigenvalue weighted by atomic mass is 32.2. The van der Waals surface area contributed by atoms with Gasteiger partial charge in [0.2, 0.25) is 10.0 Å². The van der Waals surface area contributed by atoms with Crippen LogP contribution >= 0.6 is 11.8 Å². The van der Waals surface area contributed by atoms with E-state index in [9.17, 15) is 8.42 Å². The van der Waals surface area contributed by atoms with Gasteiger partial charge in [-0.25, -0.2) is 13.6 Å². The van der Waals surface area contributed by atoms with E-state index in [-0.39, 0.29) is 4.90 Å². The summed E-state index contributed by atoms with van der Waals surface area (Å²) in [6, 6.07) is 11.8. The first-order chi connectivity index (χ1) is 9.40. The van der Waals surface area contributed by atoms with Crippen LogP contribution in [0, 0.1) is 6.92 Å². The normalized spacial score (nSPS) is 11.3. The maximum absolute atomic E-state index is 11.2. The van der Waals surface area contributed by atoms with Gasteiger partial charge in [-0.05, 0) is 61.2 Å². The average molecular weight is 309 g/mol. The van der Waals surface area contributed by atoms with E-state index in [0.29, 0.717) is 11.5 Å². The van der Waals surface area contributed by atoms with Crippen LogP contribution < -0.4 is 9.88 Å². The van der Waals surface area contributed by atoms with Gasteiger partial charge in [-0.1, -0.05) is 0 Å². The molecular formula is C14H15NO3S2. The molecule has 0 saturated carbocycles. The Bertz CT molecular complexity index is 710. The van der Waals surface area contributed by atoms with Crippen molar-refractivity contribution in [2.24, 2.45) is 5.14 Å². The molecule has 0 heterocycles. The van der Waals surface area contributed by atoms with Crippen LogP contribution in [0.4, 0.5) is 0 Å². The highest BCUT2D eigenvalue weighted by Crippen LogP contribution is 2.28. The van der Waals surface area contributed by atoms with E-state index in [1.165, 1.54) is 17.0 Å².